The number of hydrogen-bond donors (Lipinski definition) is 1. The van der Waals surface area contributed by atoms with Crippen LogP contribution in [-0.2, 0) is 4.10 Å². The molecule has 0 aliphatic heterocycles. The summed E-state index contributed by atoms with van der Waals surface area (Å²) in [6.45, 7) is 0. The fourth-order valence-corrected chi connectivity index (χ4v) is 1.03. The van der Waals surface area contributed by atoms with Gasteiger partial charge in [-0.1, -0.05) is 18.2 Å². The summed E-state index contributed by atoms with van der Waals surface area (Å²) in [6.07, 6.45) is 0. The van der Waals surface area contributed by atoms with Gasteiger partial charge in [-0.15, -0.1) is 0 Å². The van der Waals surface area contributed by atoms with E-state index >= 15 is 0 Å². The topological polar surface area (TPSA) is 29.5 Å². The van der Waals surface area contributed by atoms with Crippen molar-refractivity contribution >= 4 is 19.7 Å². The smallest absolute Gasteiger partial charge is 0.429 e. The standard InChI is InChI=1S/C6H7BO2S/c8-7-9-10-6-4-2-1-3-5-6/h1-5,7-8H. The van der Waals surface area contributed by atoms with Crippen molar-refractivity contribution in [2.24, 2.45) is 0 Å². The van der Waals surface area contributed by atoms with Crippen LogP contribution in [0, 0.1) is 0 Å². The summed E-state index contributed by atoms with van der Waals surface area (Å²) in [5.74, 6) is 0. The van der Waals surface area contributed by atoms with E-state index in [9.17, 15) is 0 Å². The average molecular weight is 154 g/mol. The monoisotopic (exact) mass is 154 g/mol. The first-order valence-corrected chi connectivity index (χ1v) is 3.63. The van der Waals surface area contributed by atoms with Crippen LogP contribution >= 0.6 is 12.0 Å². The minimum absolute atomic E-state index is 0.250. The molecule has 0 radical (unpaired) electrons. The lowest BCUT2D eigenvalue weighted by Gasteiger charge is -1.95. The molecule has 0 saturated heterocycles. The predicted octanol–water partition coefficient (Wildman–Crippen LogP) is 0.969. The lowest BCUT2D eigenvalue weighted by molar-refractivity contribution is 0.491. The van der Waals surface area contributed by atoms with Crippen molar-refractivity contribution in [1.82, 2.24) is 0 Å². The van der Waals surface area contributed by atoms with Gasteiger partial charge < -0.3 is 9.12 Å². The molecule has 0 aliphatic carbocycles. The quantitative estimate of drug-likeness (QED) is 0.519. The Morgan fingerprint density at radius 2 is 2.00 bits per heavy atom. The fraction of sp³-hybridized carbons (Fsp3) is 0. The Hall–Kier alpha value is -0.445. The van der Waals surface area contributed by atoms with E-state index in [1.54, 1.807) is 0 Å². The first-order chi connectivity index (χ1) is 4.93. The molecule has 1 aromatic rings. The van der Waals surface area contributed by atoms with Crippen molar-refractivity contribution in [3.8, 4) is 0 Å². The first-order valence-electron chi connectivity index (χ1n) is 2.89. The van der Waals surface area contributed by atoms with E-state index in [4.69, 9.17) is 9.12 Å². The number of benzene rings is 1. The van der Waals surface area contributed by atoms with E-state index in [0.29, 0.717) is 0 Å². The molecule has 0 unspecified atom stereocenters. The number of rotatable bonds is 3. The van der Waals surface area contributed by atoms with Gasteiger partial charge in [0, 0.05) is 16.9 Å². The van der Waals surface area contributed by atoms with Gasteiger partial charge in [-0.3, -0.25) is 0 Å². The molecule has 2 nitrogen and oxygen atoms in total. The lowest BCUT2D eigenvalue weighted by Crippen LogP contribution is -1.86. The molecule has 0 aromatic heterocycles. The predicted molar refractivity (Wildman–Crippen MR) is 42.8 cm³/mol. The highest BCUT2D eigenvalue weighted by Crippen LogP contribution is 2.16. The molecule has 0 spiro atoms. The second-order valence-electron chi connectivity index (χ2n) is 1.64. The maximum Gasteiger partial charge on any atom is 0.447 e. The normalized spacial score (nSPS) is 9.30. The first kappa shape index (κ1) is 7.66. The van der Waals surface area contributed by atoms with Crippen molar-refractivity contribution in [3.63, 3.8) is 0 Å². The lowest BCUT2D eigenvalue weighted by atomic mass is 10.4. The maximum absolute atomic E-state index is 8.28. The minimum atomic E-state index is -0.250. The third-order valence-electron chi connectivity index (χ3n) is 0.951. The van der Waals surface area contributed by atoms with Gasteiger partial charge in [0.15, 0.2) is 0 Å². The zero-order valence-corrected chi connectivity index (χ0v) is 6.17. The molecule has 4 heteroatoms. The Bertz CT molecular complexity index is 180. The Morgan fingerprint density at radius 1 is 1.30 bits per heavy atom. The third-order valence-corrected chi connectivity index (χ3v) is 1.64. The highest BCUT2D eigenvalue weighted by Gasteiger charge is 1.90. The van der Waals surface area contributed by atoms with Crippen molar-refractivity contribution in [1.29, 1.82) is 0 Å². The molecular formula is C6H7BO2S. The maximum atomic E-state index is 8.28. The molecule has 0 atom stereocenters. The van der Waals surface area contributed by atoms with E-state index in [1.165, 1.54) is 12.0 Å². The minimum Gasteiger partial charge on any atom is -0.429 e. The SMILES string of the molecule is OBOSc1ccccc1. The van der Waals surface area contributed by atoms with Gasteiger partial charge in [-0.25, -0.2) is 0 Å². The summed E-state index contributed by atoms with van der Waals surface area (Å²) in [5, 5.41) is 8.28. The van der Waals surface area contributed by atoms with Crippen LogP contribution in [0.25, 0.3) is 0 Å². The van der Waals surface area contributed by atoms with Crippen molar-refractivity contribution < 1.29 is 9.12 Å². The van der Waals surface area contributed by atoms with Gasteiger partial charge in [0.05, 0.1) is 0 Å². The van der Waals surface area contributed by atoms with Crippen molar-refractivity contribution in [2.45, 2.75) is 4.90 Å². The van der Waals surface area contributed by atoms with E-state index in [-0.39, 0.29) is 7.69 Å². The van der Waals surface area contributed by atoms with Crippen LogP contribution in [0.2, 0.25) is 0 Å². The molecule has 0 heterocycles. The van der Waals surface area contributed by atoms with Crippen LogP contribution in [-0.4, -0.2) is 12.7 Å². The van der Waals surface area contributed by atoms with Crippen molar-refractivity contribution in [3.05, 3.63) is 30.3 Å². The van der Waals surface area contributed by atoms with Crippen LogP contribution in [0.3, 0.4) is 0 Å². The summed E-state index contributed by atoms with van der Waals surface area (Å²) >= 11 is 1.17. The van der Waals surface area contributed by atoms with Gasteiger partial charge in [0.25, 0.3) is 0 Å². The highest BCUT2D eigenvalue weighted by molar-refractivity contribution is 7.95. The molecule has 1 N–H and O–H groups in total. The molecule has 0 aliphatic rings. The molecular weight excluding hydrogens is 147 g/mol. The molecule has 0 amide bonds. The van der Waals surface area contributed by atoms with Crippen LogP contribution in [0.15, 0.2) is 35.2 Å². The van der Waals surface area contributed by atoms with E-state index < -0.39 is 0 Å². The molecule has 0 bridgehead atoms. The van der Waals surface area contributed by atoms with Crippen LogP contribution < -0.4 is 0 Å². The zero-order chi connectivity index (χ0) is 7.23. The Kier molecular flexibility index (Phi) is 3.36. The highest BCUT2D eigenvalue weighted by atomic mass is 32.2. The van der Waals surface area contributed by atoms with Gasteiger partial charge in [0.2, 0.25) is 0 Å². The van der Waals surface area contributed by atoms with Gasteiger partial charge in [-0.2, -0.15) is 0 Å². The summed E-state index contributed by atoms with van der Waals surface area (Å²) in [5.41, 5.74) is 0. The van der Waals surface area contributed by atoms with Gasteiger partial charge in [0.1, 0.15) is 0 Å². The Morgan fingerprint density at radius 3 is 2.60 bits per heavy atom. The summed E-state index contributed by atoms with van der Waals surface area (Å²) in [4.78, 5) is 0.997. The second-order valence-corrected chi connectivity index (χ2v) is 2.52. The summed E-state index contributed by atoms with van der Waals surface area (Å²) in [6, 6.07) is 9.61. The van der Waals surface area contributed by atoms with E-state index in [2.05, 4.69) is 0 Å². The average Bonchev–Trinajstić information content (AvgIpc) is 2.03. The number of hydrogen-bond acceptors (Lipinski definition) is 3. The van der Waals surface area contributed by atoms with E-state index in [1.807, 2.05) is 30.3 Å². The van der Waals surface area contributed by atoms with Crippen LogP contribution in [0.4, 0.5) is 0 Å². The molecule has 52 valence electrons. The van der Waals surface area contributed by atoms with Crippen LogP contribution in [0.1, 0.15) is 0 Å². The van der Waals surface area contributed by atoms with Crippen LogP contribution in [0.5, 0.6) is 0 Å². The zero-order valence-electron chi connectivity index (χ0n) is 5.36. The second kappa shape index (κ2) is 4.38. The molecule has 0 fully saturated rings. The Labute approximate surface area is 64.7 Å². The summed E-state index contributed by atoms with van der Waals surface area (Å²) in [7, 11) is -0.250. The molecule has 1 aromatic carbocycles. The molecule has 10 heavy (non-hydrogen) atoms. The van der Waals surface area contributed by atoms with Gasteiger partial charge in [-0.05, 0) is 12.1 Å². The van der Waals surface area contributed by atoms with E-state index in [0.717, 1.165) is 4.90 Å². The van der Waals surface area contributed by atoms with Gasteiger partial charge >= 0.3 is 7.69 Å². The fourth-order valence-electron chi connectivity index (χ4n) is 0.570. The third kappa shape index (κ3) is 2.43. The summed E-state index contributed by atoms with van der Waals surface area (Å²) < 4.78 is 4.69. The Balaban J connectivity index is 2.43. The largest absolute Gasteiger partial charge is 0.447 e. The molecule has 1 rings (SSSR count). The van der Waals surface area contributed by atoms with Crippen molar-refractivity contribution in [2.75, 3.05) is 0 Å². The molecule has 0 saturated carbocycles.